The van der Waals surface area contributed by atoms with Crippen LogP contribution in [0.1, 0.15) is 20.8 Å². The second-order valence-corrected chi connectivity index (χ2v) is 7.31. The Hall–Kier alpha value is 0.0100. The van der Waals surface area contributed by atoms with E-state index in [4.69, 9.17) is 4.74 Å². The van der Waals surface area contributed by atoms with Crippen LogP contribution < -0.4 is 10.6 Å². The van der Waals surface area contributed by atoms with E-state index >= 15 is 0 Å². The molecular formula is C17H35IN4OS. The van der Waals surface area contributed by atoms with Crippen molar-refractivity contribution in [3.63, 3.8) is 0 Å². The van der Waals surface area contributed by atoms with Gasteiger partial charge in [-0.2, -0.15) is 11.8 Å². The van der Waals surface area contributed by atoms with Gasteiger partial charge in [0.05, 0.1) is 19.3 Å². The number of ether oxygens (including phenoxy) is 1. The molecule has 1 fully saturated rings. The van der Waals surface area contributed by atoms with E-state index in [1.807, 2.05) is 17.8 Å². The highest BCUT2D eigenvalue weighted by molar-refractivity contribution is 14.0. The number of halogens is 1. The number of aliphatic imine (C=N–C) groups is 1. The van der Waals surface area contributed by atoms with E-state index < -0.39 is 0 Å². The smallest absolute Gasteiger partial charge is 0.191 e. The molecule has 2 N–H and O–H groups in total. The summed E-state index contributed by atoms with van der Waals surface area (Å²) in [7, 11) is 0. The molecule has 0 radical (unpaired) electrons. The number of hydrogen-bond donors (Lipinski definition) is 2. The zero-order valence-electron chi connectivity index (χ0n) is 15.4. The Morgan fingerprint density at radius 1 is 1.46 bits per heavy atom. The van der Waals surface area contributed by atoms with Gasteiger partial charge < -0.3 is 15.4 Å². The molecule has 0 spiro atoms. The van der Waals surface area contributed by atoms with Crippen LogP contribution >= 0.6 is 35.7 Å². The first-order valence-corrected chi connectivity index (χ1v) is 9.86. The van der Waals surface area contributed by atoms with Crippen molar-refractivity contribution in [2.45, 2.75) is 26.9 Å². The standard InChI is InChI=1S/C17H34N4OS.HI/c1-5-10-23-11-7-19-17(18-6-2)20-12-16-14-21(8-9-22-16)13-15(3)4;/h5,15-16H,1,6-14H2,2-4H3,(H2,18,19,20);1H. The molecule has 1 saturated heterocycles. The molecule has 0 saturated carbocycles. The second-order valence-electron chi connectivity index (χ2n) is 6.16. The van der Waals surface area contributed by atoms with Crippen molar-refractivity contribution in [1.29, 1.82) is 0 Å². The average Bonchev–Trinajstić information content (AvgIpc) is 2.52. The van der Waals surface area contributed by atoms with E-state index in [0.717, 1.165) is 56.8 Å². The quantitative estimate of drug-likeness (QED) is 0.169. The molecule has 142 valence electrons. The Morgan fingerprint density at radius 2 is 2.25 bits per heavy atom. The highest BCUT2D eigenvalue weighted by Gasteiger charge is 2.20. The van der Waals surface area contributed by atoms with E-state index in [0.29, 0.717) is 12.5 Å². The minimum Gasteiger partial charge on any atom is -0.374 e. The Labute approximate surface area is 169 Å². The molecule has 0 aliphatic carbocycles. The summed E-state index contributed by atoms with van der Waals surface area (Å²) in [6.07, 6.45) is 2.14. The average molecular weight is 470 g/mol. The summed E-state index contributed by atoms with van der Waals surface area (Å²) in [6.45, 7) is 16.8. The number of nitrogens with one attached hydrogen (secondary N) is 2. The Kier molecular flexibility index (Phi) is 15.3. The molecule has 1 aliphatic rings. The number of nitrogens with zero attached hydrogens (tertiary/aromatic N) is 2. The number of morpholine rings is 1. The summed E-state index contributed by atoms with van der Waals surface area (Å²) < 4.78 is 5.86. The van der Waals surface area contributed by atoms with Gasteiger partial charge in [-0.3, -0.25) is 9.89 Å². The minimum absolute atomic E-state index is 0. The molecule has 0 aromatic heterocycles. The third kappa shape index (κ3) is 11.5. The first kappa shape index (κ1) is 24.0. The summed E-state index contributed by atoms with van der Waals surface area (Å²) >= 11 is 1.87. The highest BCUT2D eigenvalue weighted by Crippen LogP contribution is 2.08. The highest BCUT2D eigenvalue weighted by atomic mass is 127. The molecule has 0 amide bonds. The van der Waals surface area contributed by atoms with E-state index in [1.165, 1.54) is 0 Å². The molecule has 1 heterocycles. The fourth-order valence-corrected chi connectivity index (χ4v) is 3.10. The van der Waals surface area contributed by atoms with Crippen molar-refractivity contribution < 1.29 is 4.74 Å². The van der Waals surface area contributed by atoms with Gasteiger partial charge in [-0.15, -0.1) is 30.6 Å². The number of rotatable bonds is 10. The van der Waals surface area contributed by atoms with Gasteiger partial charge in [-0.25, -0.2) is 0 Å². The monoisotopic (exact) mass is 470 g/mol. The molecule has 0 aromatic carbocycles. The zero-order valence-corrected chi connectivity index (χ0v) is 18.6. The summed E-state index contributed by atoms with van der Waals surface area (Å²) in [6, 6.07) is 0. The van der Waals surface area contributed by atoms with E-state index in [1.54, 1.807) is 0 Å². The molecule has 1 rings (SSSR count). The van der Waals surface area contributed by atoms with Crippen LogP contribution in [0, 0.1) is 5.92 Å². The van der Waals surface area contributed by atoms with Crippen LogP contribution in [0.4, 0.5) is 0 Å². The fourth-order valence-electron chi connectivity index (χ4n) is 2.52. The van der Waals surface area contributed by atoms with Crippen LogP contribution in [0.15, 0.2) is 17.6 Å². The molecule has 0 bridgehead atoms. The predicted octanol–water partition coefficient (Wildman–Crippen LogP) is 2.44. The number of thioether (sulfide) groups is 1. The lowest BCUT2D eigenvalue weighted by Gasteiger charge is -2.33. The van der Waals surface area contributed by atoms with Gasteiger partial charge in [0.2, 0.25) is 0 Å². The lowest BCUT2D eigenvalue weighted by atomic mass is 10.2. The molecule has 5 nitrogen and oxygen atoms in total. The molecule has 1 unspecified atom stereocenters. The van der Waals surface area contributed by atoms with Crippen LogP contribution in [0.2, 0.25) is 0 Å². The van der Waals surface area contributed by atoms with Crippen molar-refractivity contribution in [2.75, 3.05) is 57.4 Å². The Balaban J connectivity index is 0.00000529. The third-order valence-corrected chi connectivity index (χ3v) is 4.38. The van der Waals surface area contributed by atoms with Crippen LogP contribution in [-0.2, 0) is 4.74 Å². The molecule has 7 heteroatoms. The van der Waals surface area contributed by atoms with Gasteiger partial charge in [0.1, 0.15) is 0 Å². The van der Waals surface area contributed by atoms with Crippen LogP contribution in [0.3, 0.4) is 0 Å². The summed E-state index contributed by atoms with van der Waals surface area (Å²) in [4.78, 5) is 7.17. The van der Waals surface area contributed by atoms with Crippen molar-refractivity contribution in [3.05, 3.63) is 12.7 Å². The zero-order chi connectivity index (χ0) is 16.9. The van der Waals surface area contributed by atoms with Gasteiger partial charge in [-0.05, 0) is 12.8 Å². The van der Waals surface area contributed by atoms with Crippen molar-refractivity contribution in [1.82, 2.24) is 15.5 Å². The summed E-state index contributed by atoms with van der Waals surface area (Å²) in [5, 5.41) is 6.67. The maximum absolute atomic E-state index is 5.86. The predicted molar refractivity (Wildman–Crippen MR) is 118 cm³/mol. The molecule has 1 aliphatic heterocycles. The largest absolute Gasteiger partial charge is 0.374 e. The molecular weight excluding hydrogens is 435 g/mol. The molecule has 1 atom stereocenters. The Morgan fingerprint density at radius 3 is 2.92 bits per heavy atom. The first-order chi connectivity index (χ1) is 11.2. The normalized spacial score (nSPS) is 19.0. The lowest BCUT2D eigenvalue weighted by Crippen LogP contribution is -2.46. The van der Waals surface area contributed by atoms with Gasteiger partial charge >= 0.3 is 0 Å². The fraction of sp³-hybridized carbons (Fsp3) is 0.824. The third-order valence-electron chi connectivity index (χ3n) is 3.42. The van der Waals surface area contributed by atoms with Gasteiger partial charge in [0.25, 0.3) is 0 Å². The first-order valence-electron chi connectivity index (χ1n) is 8.70. The van der Waals surface area contributed by atoms with Gasteiger partial charge in [-0.1, -0.05) is 19.9 Å². The van der Waals surface area contributed by atoms with Crippen LogP contribution in [-0.4, -0.2) is 74.3 Å². The lowest BCUT2D eigenvalue weighted by molar-refractivity contribution is -0.0261. The van der Waals surface area contributed by atoms with Crippen molar-refractivity contribution in [3.8, 4) is 0 Å². The summed E-state index contributed by atoms with van der Waals surface area (Å²) in [5.74, 6) is 3.63. The topological polar surface area (TPSA) is 48.9 Å². The van der Waals surface area contributed by atoms with E-state index in [-0.39, 0.29) is 30.1 Å². The van der Waals surface area contributed by atoms with Gasteiger partial charge in [0.15, 0.2) is 5.96 Å². The maximum atomic E-state index is 5.86. The minimum atomic E-state index is 0. The summed E-state index contributed by atoms with van der Waals surface area (Å²) in [5.41, 5.74) is 0. The SMILES string of the molecule is C=CCSCCNC(=NCC1CN(CC(C)C)CCO1)NCC.I. The number of guanidine groups is 1. The van der Waals surface area contributed by atoms with Crippen molar-refractivity contribution in [2.24, 2.45) is 10.9 Å². The van der Waals surface area contributed by atoms with E-state index in [2.05, 4.69) is 47.9 Å². The molecule has 24 heavy (non-hydrogen) atoms. The maximum Gasteiger partial charge on any atom is 0.191 e. The van der Waals surface area contributed by atoms with Crippen molar-refractivity contribution >= 4 is 41.7 Å². The van der Waals surface area contributed by atoms with Gasteiger partial charge in [0, 0.05) is 44.2 Å². The van der Waals surface area contributed by atoms with E-state index in [9.17, 15) is 0 Å². The number of hydrogen-bond acceptors (Lipinski definition) is 4. The molecule has 0 aromatic rings. The second kappa shape index (κ2) is 15.3. The Bertz CT molecular complexity index is 355. The van der Waals surface area contributed by atoms with Crippen LogP contribution in [0.5, 0.6) is 0 Å². The van der Waals surface area contributed by atoms with Crippen LogP contribution in [0.25, 0.3) is 0 Å².